The maximum Gasteiger partial charge on any atom is 0.307 e. The molecule has 1 aromatic heterocycles. The minimum Gasteiger partial charge on any atom is -0.322 e. The number of nitrogens with zero attached hydrogens (tertiary/aromatic N) is 3. The Bertz CT molecular complexity index is 774. The van der Waals surface area contributed by atoms with Gasteiger partial charge in [0.05, 0.1) is 10.6 Å². The van der Waals surface area contributed by atoms with Crippen molar-refractivity contribution < 1.29 is 14.1 Å². The molecule has 1 aliphatic heterocycles. The van der Waals surface area contributed by atoms with Gasteiger partial charge >= 0.3 is 5.69 Å². The molecule has 0 radical (unpaired) electrons. The van der Waals surface area contributed by atoms with Crippen molar-refractivity contribution in [1.29, 1.82) is 0 Å². The molecule has 120 valence electrons. The lowest BCUT2D eigenvalue weighted by atomic mass is 9.99. The monoisotopic (exact) mass is 319 g/mol. The second-order valence-corrected chi connectivity index (χ2v) is 5.19. The van der Waals surface area contributed by atoms with E-state index in [1.54, 1.807) is 6.07 Å². The molecule has 23 heavy (non-hydrogen) atoms. The highest BCUT2D eigenvalue weighted by atomic mass is 19.1. The van der Waals surface area contributed by atoms with Crippen LogP contribution in [0.4, 0.5) is 15.8 Å². The summed E-state index contributed by atoms with van der Waals surface area (Å²) in [5, 5.41) is 19.9. The van der Waals surface area contributed by atoms with Crippen LogP contribution in [0.3, 0.4) is 0 Å². The van der Waals surface area contributed by atoms with Crippen LogP contribution in [0, 0.1) is 15.9 Å². The number of aromatic nitrogens is 2. The summed E-state index contributed by atoms with van der Waals surface area (Å²) in [6.07, 6.45) is 2.77. The number of anilines is 1. The van der Waals surface area contributed by atoms with Crippen molar-refractivity contribution in [1.82, 2.24) is 15.1 Å². The smallest absolute Gasteiger partial charge is 0.307 e. The van der Waals surface area contributed by atoms with E-state index in [9.17, 15) is 19.3 Å². The number of carbonyl (C=O) groups excluding carboxylic acids is 1. The number of nitro groups is 1. The molecule has 1 aromatic carbocycles. The molecule has 2 heterocycles. The second-order valence-electron chi connectivity index (χ2n) is 5.19. The molecular weight excluding hydrogens is 305 g/mol. The molecule has 0 bridgehead atoms. The topological polar surface area (TPSA) is 102 Å². The van der Waals surface area contributed by atoms with Crippen molar-refractivity contribution in [3.8, 4) is 0 Å². The quantitative estimate of drug-likeness (QED) is 0.651. The van der Waals surface area contributed by atoms with Crippen LogP contribution in [-0.2, 0) is 24.3 Å². The molecule has 1 aliphatic rings. The molecule has 8 nitrogen and oxygen atoms in total. The summed E-state index contributed by atoms with van der Waals surface area (Å²) in [5.41, 5.74) is 1.40. The predicted molar refractivity (Wildman–Crippen MR) is 79.3 cm³/mol. The van der Waals surface area contributed by atoms with Gasteiger partial charge in [0.25, 0.3) is 0 Å². The number of fused-ring (bicyclic) bond motifs is 1. The molecule has 2 N–H and O–H groups in total. The number of hydrogen-bond acceptors (Lipinski definition) is 5. The third-order valence-corrected chi connectivity index (χ3v) is 3.62. The maximum atomic E-state index is 14.4. The molecule has 0 saturated heterocycles. The first kappa shape index (κ1) is 15.1. The highest BCUT2D eigenvalue weighted by Crippen LogP contribution is 2.24. The Labute approximate surface area is 130 Å². The zero-order valence-electron chi connectivity index (χ0n) is 12.1. The number of nitrogens with one attached hydrogen (secondary N) is 2. The Balaban J connectivity index is 1.71. The largest absolute Gasteiger partial charge is 0.322 e. The van der Waals surface area contributed by atoms with E-state index in [1.807, 2.05) is 0 Å². The third kappa shape index (κ3) is 3.19. The van der Waals surface area contributed by atoms with E-state index in [1.165, 1.54) is 6.07 Å². The lowest BCUT2D eigenvalue weighted by molar-refractivity contribution is -0.385. The van der Waals surface area contributed by atoms with Crippen molar-refractivity contribution in [2.24, 2.45) is 0 Å². The molecule has 2 aromatic rings. The summed E-state index contributed by atoms with van der Waals surface area (Å²) < 4.78 is 15.5. The lowest BCUT2D eigenvalue weighted by Gasteiger charge is -2.19. The number of rotatable bonds is 4. The Kier molecular flexibility index (Phi) is 4.02. The van der Waals surface area contributed by atoms with Gasteiger partial charge in [0.1, 0.15) is 24.8 Å². The first-order valence-corrected chi connectivity index (χ1v) is 7.02. The van der Waals surface area contributed by atoms with Gasteiger partial charge in [-0.2, -0.15) is 5.10 Å². The van der Waals surface area contributed by atoms with Crippen LogP contribution < -0.4 is 10.6 Å². The minimum atomic E-state index is -0.599. The van der Waals surface area contributed by atoms with Gasteiger partial charge in [-0.15, -0.1) is 0 Å². The zero-order valence-corrected chi connectivity index (χ0v) is 12.1. The van der Waals surface area contributed by atoms with Crippen molar-refractivity contribution in [3.63, 3.8) is 0 Å². The van der Waals surface area contributed by atoms with E-state index in [4.69, 9.17) is 0 Å². The van der Waals surface area contributed by atoms with Crippen LogP contribution in [0.15, 0.2) is 24.5 Å². The summed E-state index contributed by atoms with van der Waals surface area (Å²) in [6.45, 7) is 1.07. The lowest BCUT2D eigenvalue weighted by Crippen LogP contribution is -2.25. The summed E-state index contributed by atoms with van der Waals surface area (Å²) in [7, 11) is 0. The fraction of sp³-hybridized carbons (Fsp3) is 0.286. The van der Waals surface area contributed by atoms with Gasteiger partial charge in [0.2, 0.25) is 5.91 Å². The molecule has 0 atom stereocenters. The predicted octanol–water partition coefficient (Wildman–Crippen LogP) is 1.21. The molecule has 0 saturated carbocycles. The van der Waals surface area contributed by atoms with E-state index in [-0.39, 0.29) is 17.9 Å². The Morgan fingerprint density at radius 2 is 2.35 bits per heavy atom. The van der Waals surface area contributed by atoms with Crippen molar-refractivity contribution in [3.05, 3.63) is 51.6 Å². The highest BCUT2D eigenvalue weighted by Gasteiger charge is 2.18. The van der Waals surface area contributed by atoms with Gasteiger partial charge in [-0.05, 0) is 30.2 Å². The standard InChI is InChI=1S/C14H14FN5O3/c15-14-11-3-4-16-5-9(11)1-2-12(14)18-13(21)8-19-7-10(6-17-19)20(22)23/h1-2,6-7,16H,3-5,8H2,(H,18,21). The van der Waals surface area contributed by atoms with Crippen LogP contribution in [0.5, 0.6) is 0 Å². The van der Waals surface area contributed by atoms with Crippen LogP contribution in [-0.4, -0.2) is 27.2 Å². The molecule has 0 fully saturated rings. The molecule has 0 spiro atoms. The van der Waals surface area contributed by atoms with Gasteiger partial charge in [0.15, 0.2) is 0 Å². The molecule has 0 aliphatic carbocycles. The minimum absolute atomic E-state index is 0.109. The van der Waals surface area contributed by atoms with E-state index in [0.717, 1.165) is 22.6 Å². The van der Waals surface area contributed by atoms with E-state index in [2.05, 4.69) is 15.7 Å². The molecule has 1 amide bonds. The van der Waals surface area contributed by atoms with Crippen LogP contribution in [0.2, 0.25) is 0 Å². The van der Waals surface area contributed by atoms with Crippen LogP contribution >= 0.6 is 0 Å². The number of hydrogen-bond donors (Lipinski definition) is 2. The Morgan fingerprint density at radius 3 is 3.09 bits per heavy atom. The van der Waals surface area contributed by atoms with Gasteiger partial charge in [-0.3, -0.25) is 19.6 Å². The van der Waals surface area contributed by atoms with Crippen LogP contribution in [0.1, 0.15) is 11.1 Å². The summed E-state index contributed by atoms with van der Waals surface area (Å²) >= 11 is 0. The molecule has 0 unspecified atom stereocenters. The Hall–Kier alpha value is -2.81. The summed E-state index contributed by atoms with van der Waals surface area (Å²) in [5.74, 6) is -0.931. The average molecular weight is 319 g/mol. The third-order valence-electron chi connectivity index (χ3n) is 3.62. The number of benzene rings is 1. The normalized spacial score (nSPS) is 13.4. The van der Waals surface area contributed by atoms with Gasteiger partial charge in [-0.1, -0.05) is 6.07 Å². The fourth-order valence-corrected chi connectivity index (χ4v) is 2.50. The van der Waals surface area contributed by atoms with E-state index in [0.29, 0.717) is 25.1 Å². The second kappa shape index (κ2) is 6.13. The van der Waals surface area contributed by atoms with E-state index >= 15 is 0 Å². The summed E-state index contributed by atoms with van der Waals surface area (Å²) in [6, 6.07) is 3.30. The van der Waals surface area contributed by atoms with Gasteiger partial charge in [0, 0.05) is 6.54 Å². The summed E-state index contributed by atoms with van der Waals surface area (Å²) in [4.78, 5) is 21.9. The molecular formula is C14H14FN5O3. The molecule has 3 rings (SSSR count). The highest BCUT2D eigenvalue weighted by molar-refractivity contribution is 5.90. The van der Waals surface area contributed by atoms with E-state index < -0.39 is 16.6 Å². The zero-order chi connectivity index (χ0) is 16.4. The Morgan fingerprint density at radius 1 is 1.52 bits per heavy atom. The SMILES string of the molecule is O=C(Cn1cc([N+](=O)[O-])cn1)Nc1ccc2c(c1F)CCNC2. The first-order valence-electron chi connectivity index (χ1n) is 7.02. The van der Waals surface area contributed by atoms with Crippen molar-refractivity contribution >= 4 is 17.3 Å². The van der Waals surface area contributed by atoms with Crippen LogP contribution in [0.25, 0.3) is 0 Å². The van der Waals surface area contributed by atoms with Crippen molar-refractivity contribution in [2.75, 3.05) is 11.9 Å². The van der Waals surface area contributed by atoms with Crippen molar-refractivity contribution in [2.45, 2.75) is 19.5 Å². The number of halogens is 1. The van der Waals surface area contributed by atoms with Gasteiger partial charge < -0.3 is 10.6 Å². The maximum absolute atomic E-state index is 14.4. The number of amides is 1. The first-order chi connectivity index (χ1) is 11.0. The fourth-order valence-electron chi connectivity index (χ4n) is 2.50. The molecule has 9 heteroatoms. The van der Waals surface area contributed by atoms with Gasteiger partial charge in [-0.25, -0.2) is 4.39 Å². The average Bonchev–Trinajstić information content (AvgIpc) is 2.99. The number of carbonyl (C=O) groups is 1.